The van der Waals surface area contributed by atoms with E-state index in [4.69, 9.17) is 9.15 Å². The Hall–Kier alpha value is -3.93. The predicted octanol–water partition coefficient (Wildman–Crippen LogP) is 4.48. The second kappa shape index (κ2) is 9.69. The van der Waals surface area contributed by atoms with Crippen molar-refractivity contribution in [2.75, 3.05) is 0 Å². The van der Waals surface area contributed by atoms with E-state index in [0.29, 0.717) is 35.2 Å². The number of amides is 1. The lowest BCUT2D eigenvalue weighted by Gasteiger charge is -2.18. The molecule has 2 aromatic carbocycles. The Kier molecular flexibility index (Phi) is 6.54. The minimum atomic E-state index is -0.735. The first kappa shape index (κ1) is 22.3. The Labute approximate surface area is 192 Å². The topological polar surface area (TPSA) is 81.4 Å². The van der Waals surface area contributed by atoms with Crippen molar-refractivity contribution in [2.24, 2.45) is 0 Å². The molecule has 2 aromatic heterocycles. The lowest BCUT2D eigenvalue weighted by Crippen LogP contribution is -2.36. The first-order valence-corrected chi connectivity index (χ1v) is 10.9. The number of hydrogen-bond donors (Lipinski definition) is 1. The predicted molar refractivity (Wildman–Crippen MR) is 127 cm³/mol. The van der Waals surface area contributed by atoms with E-state index < -0.39 is 6.10 Å². The molecule has 33 heavy (non-hydrogen) atoms. The minimum absolute atomic E-state index is 0.235. The van der Waals surface area contributed by atoms with Crippen molar-refractivity contribution in [3.63, 3.8) is 0 Å². The summed E-state index contributed by atoms with van der Waals surface area (Å²) in [6, 6.07) is 17.2. The van der Waals surface area contributed by atoms with Crippen LogP contribution in [0.1, 0.15) is 34.7 Å². The summed E-state index contributed by atoms with van der Waals surface area (Å²) in [5.74, 6) is 0.285. The highest BCUT2D eigenvalue weighted by atomic mass is 16.5. The molecule has 6 heteroatoms. The molecule has 4 rings (SSSR count). The van der Waals surface area contributed by atoms with Gasteiger partial charge in [0.05, 0.1) is 5.39 Å². The van der Waals surface area contributed by atoms with E-state index in [1.807, 2.05) is 68.4 Å². The largest absolute Gasteiger partial charge is 0.480 e. The zero-order valence-corrected chi connectivity index (χ0v) is 18.9. The number of nitrogens with zero attached hydrogens (tertiary/aromatic N) is 1. The fourth-order valence-electron chi connectivity index (χ4n) is 3.81. The molecule has 2 heterocycles. The fraction of sp³-hybridized carbons (Fsp3) is 0.222. The van der Waals surface area contributed by atoms with Crippen LogP contribution in [-0.2, 0) is 17.8 Å². The SMILES string of the molecule is Cc1cc(OC(C)C(=O)NCc2ccncc2)c2c(C)c(Cc3ccccc3)c(=O)oc2c1. The van der Waals surface area contributed by atoms with Gasteiger partial charge in [-0.15, -0.1) is 0 Å². The third kappa shape index (κ3) is 5.12. The molecule has 0 aliphatic heterocycles. The normalized spacial score (nSPS) is 11.8. The summed E-state index contributed by atoms with van der Waals surface area (Å²) in [7, 11) is 0. The molecule has 168 valence electrons. The Morgan fingerprint density at radius 3 is 2.52 bits per heavy atom. The van der Waals surface area contributed by atoms with Gasteiger partial charge in [0.1, 0.15) is 11.3 Å². The summed E-state index contributed by atoms with van der Waals surface area (Å²) in [6.07, 6.45) is 3.09. The van der Waals surface area contributed by atoms with Gasteiger partial charge in [0, 0.05) is 30.9 Å². The number of aromatic nitrogens is 1. The van der Waals surface area contributed by atoms with Crippen molar-refractivity contribution in [3.8, 4) is 5.75 Å². The monoisotopic (exact) mass is 442 g/mol. The Bertz CT molecular complexity index is 1330. The van der Waals surface area contributed by atoms with E-state index in [0.717, 1.165) is 22.3 Å². The summed E-state index contributed by atoms with van der Waals surface area (Å²) in [4.78, 5) is 29.4. The Morgan fingerprint density at radius 1 is 1.06 bits per heavy atom. The highest BCUT2D eigenvalue weighted by molar-refractivity contribution is 5.89. The van der Waals surface area contributed by atoms with E-state index >= 15 is 0 Å². The van der Waals surface area contributed by atoms with Crippen molar-refractivity contribution in [3.05, 3.63) is 105 Å². The summed E-state index contributed by atoms with van der Waals surface area (Å²) >= 11 is 0. The van der Waals surface area contributed by atoms with E-state index in [2.05, 4.69) is 10.3 Å². The smallest absolute Gasteiger partial charge is 0.340 e. The van der Waals surface area contributed by atoms with Crippen LogP contribution in [0.2, 0.25) is 0 Å². The zero-order valence-electron chi connectivity index (χ0n) is 18.9. The van der Waals surface area contributed by atoms with Gasteiger partial charge in [0.25, 0.3) is 5.91 Å². The van der Waals surface area contributed by atoms with Crippen LogP contribution in [0.15, 0.2) is 76.2 Å². The first-order valence-electron chi connectivity index (χ1n) is 10.9. The van der Waals surface area contributed by atoms with Crippen LogP contribution in [0.3, 0.4) is 0 Å². The van der Waals surface area contributed by atoms with Crippen LogP contribution >= 0.6 is 0 Å². The number of aryl methyl sites for hydroxylation is 2. The summed E-state index contributed by atoms with van der Waals surface area (Å²) in [5.41, 5.74) is 4.32. The lowest BCUT2D eigenvalue weighted by atomic mass is 9.98. The van der Waals surface area contributed by atoms with Crippen LogP contribution in [-0.4, -0.2) is 17.0 Å². The molecule has 0 aliphatic carbocycles. The number of pyridine rings is 1. The molecule has 0 saturated heterocycles. The second-order valence-corrected chi connectivity index (χ2v) is 8.12. The van der Waals surface area contributed by atoms with Crippen LogP contribution in [0.5, 0.6) is 5.75 Å². The highest BCUT2D eigenvalue weighted by Gasteiger charge is 2.20. The number of rotatable bonds is 7. The number of nitrogens with one attached hydrogen (secondary N) is 1. The molecular formula is C27H26N2O4. The first-order chi connectivity index (χ1) is 15.9. The fourth-order valence-corrected chi connectivity index (χ4v) is 3.81. The van der Waals surface area contributed by atoms with Crippen molar-refractivity contribution in [1.82, 2.24) is 10.3 Å². The number of ether oxygens (including phenoxy) is 1. The molecule has 0 fully saturated rings. The van der Waals surface area contributed by atoms with E-state index in [-0.39, 0.29) is 11.5 Å². The summed E-state index contributed by atoms with van der Waals surface area (Å²) < 4.78 is 11.8. The van der Waals surface area contributed by atoms with Gasteiger partial charge in [0.15, 0.2) is 6.10 Å². The minimum Gasteiger partial charge on any atom is -0.480 e. The van der Waals surface area contributed by atoms with Gasteiger partial charge in [-0.3, -0.25) is 9.78 Å². The van der Waals surface area contributed by atoms with E-state index in [9.17, 15) is 9.59 Å². The molecule has 0 spiro atoms. The molecule has 1 unspecified atom stereocenters. The third-order valence-corrected chi connectivity index (χ3v) is 5.60. The molecule has 6 nitrogen and oxygen atoms in total. The van der Waals surface area contributed by atoms with Gasteiger partial charge >= 0.3 is 5.63 Å². The van der Waals surface area contributed by atoms with Crippen molar-refractivity contribution < 1.29 is 13.9 Å². The second-order valence-electron chi connectivity index (χ2n) is 8.12. The summed E-state index contributed by atoms with van der Waals surface area (Å²) in [6.45, 7) is 5.88. The van der Waals surface area contributed by atoms with Gasteiger partial charge in [-0.2, -0.15) is 0 Å². The number of fused-ring (bicyclic) bond motifs is 1. The van der Waals surface area contributed by atoms with Gasteiger partial charge < -0.3 is 14.5 Å². The van der Waals surface area contributed by atoms with Crippen LogP contribution in [0, 0.1) is 13.8 Å². The molecule has 0 saturated carbocycles. The number of benzene rings is 2. The number of carbonyl (C=O) groups is 1. The molecule has 1 N–H and O–H groups in total. The number of carbonyl (C=O) groups excluding carboxylic acids is 1. The Morgan fingerprint density at radius 2 is 1.79 bits per heavy atom. The summed E-state index contributed by atoms with van der Waals surface area (Å²) in [5, 5.41) is 3.59. The molecule has 0 aliphatic rings. The van der Waals surface area contributed by atoms with Crippen molar-refractivity contribution in [1.29, 1.82) is 0 Å². The Balaban J connectivity index is 1.63. The van der Waals surface area contributed by atoms with Crippen LogP contribution < -0.4 is 15.7 Å². The average molecular weight is 443 g/mol. The highest BCUT2D eigenvalue weighted by Crippen LogP contribution is 2.32. The van der Waals surface area contributed by atoms with Crippen molar-refractivity contribution >= 4 is 16.9 Å². The maximum atomic E-state index is 12.8. The maximum Gasteiger partial charge on any atom is 0.340 e. The molecular weight excluding hydrogens is 416 g/mol. The van der Waals surface area contributed by atoms with Gasteiger partial charge in [-0.25, -0.2) is 4.79 Å². The molecule has 1 atom stereocenters. The molecule has 1 amide bonds. The standard InChI is InChI=1S/C27H26N2O4/c1-17-13-23(32-19(3)26(30)29-16-21-9-11-28-12-10-21)25-18(2)22(27(31)33-24(25)14-17)15-20-7-5-4-6-8-20/h4-14,19H,15-16H2,1-3H3,(H,29,30). The third-order valence-electron chi connectivity index (χ3n) is 5.60. The van der Waals surface area contributed by atoms with Gasteiger partial charge in [-0.1, -0.05) is 30.3 Å². The number of hydrogen-bond acceptors (Lipinski definition) is 5. The average Bonchev–Trinajstić information content (AvgIpc) is 2.81. The zero-order chi connectivity index (χ0) is 23.4. The van der Waals surface area contributed by atoms with E-state index in [1.165, 1.54) is 0 Å². The molecule has 4 aromatic rings. The van der Waals surface area contributed by atoms with E-state index in [1.54, 1.807) is 19.3 Å². The van der Waals surface area contributed by atoms with Gasteiger partial charge in [0.2, 0.25) is 0 Å². The van der Waals surface area contributed by atoms with Crippen LogP contribution in [0.4, 0.5) is 0 Å². The van der Waals surface area contributed by atoms with Gasteiger partial charge in [-0.05, 0) is 67.3 Å². The van der Waals surface area contributed by atoms with Crippen LogP contribution in [0.25, 0.3) is 11.0 Å². The van der Waals surface area contributed by atoms with Crippen molar-refractivity contribution in [2.45, 2.75) is 39.8 Å². The molecule has 0 bridgehead atoms. The quantitative estimate of drug-likeness (QED) is 0.427. The maximum absolute atomic E-state index is 12.8. The molecule has 0 radical (unpaired) electrons. The lowest BCUT2D eigenvalue weighted by molar-refractivity contribution is -0.127.